The van der Waals surface area contributed by atoms with Crippen LogP contribution in [0.4, 0.5) is 5.69 Å². The van der Waals surface area contributed by atoms with Crippen LogP contribution in [0.25, 0.3) is 0 Å². The number of carbonyl (C=O) groups excluding carboxylic acids is 1. The van der Waals surface area contributed by atoms with Crippen LogP contribution in [0.5, 0.6) is 5.75 Å². The molecule has 1 unspecified atom stereocenters. The van der Waals surface area contributed by atoms with Crippen molar-refractivity contribution in [3.8, 4) is 5.75 Å². The lowest BCUT2D eigenvalue weighted by atomic mass is 10.0. The number of amides is 1. The van der Waals surface area contributed by atoms with E-state index in [4.69, 9.17) is 17.3 Å². The molecule has 5 heteroatoms. The Morgan fingerprint density at radius 3 is 2.60 bits per heavy atom. The maximum Gasteiger partial charge on any atom is 0.244 e. The number of nitrogens with one attached hydrogen (secondary N) is 1. The Labute approximate surface area is 122 Å². The van der Waals surface area contributed by atoms with Crippen molar-refractivity contribution in [2.45, 2.75) is 13.0 Å². The number of rotatable bonds is 4. The Hall–Kier alpha value is -2.20. The molecule has 2 rings (SSSR count). The summed E-state index contributed by atoms with van der Waals surface area (Å²) >= 11 is 5.87. The molecule has 0 radical (unpaired) electrons. The van der Waals surface area contributed by atoms with E-state index in [0.717, 1.165) is 11.3 Å². The van der Waals surface area contributed by atoms with Crippen LogP contribution in [-0.2, 0) is 4.79 Å². The summed E-state index contributed by atoms with van der Waals surface area (Å²) in [5.74, 6) is -0.551. The number of hydrogen-bond donors (Lipinski definition) is 3. The Bertz CT molecular complexity index is 644. The van der Waals surface area contributed by atoms with Crippen molar-refractivity contribution < 1.29 is 9.90 Å². The van der Waals surface area contributed by atoms with Crippen molar-refractivity contribution >= 4 is 23.2 Å². The average Bonchev–Trinajstić information content (AvgIpc) is 2.41. The SMILES string of the molecule is Cc1ccccc1NC(C(N)=O)c1ccc(O)c(Cl)c1. The van der Waals surface area contributed by atoms with E-state index in [0.29, 0.717) is 5.56 Å². The van der Waals surface area contributed by atoms with E-state index in [2.05, 4.69) is 5.32 Å². The van der Waals surface area contributed by atoms with Crippen molar-refractivity contribution in [3.05, 3.63) is 58.6 Å². The Balaban J connectivity index is 2.34. The Morgan fingerprint density at radius 2 is 2.00 bits per heavy atom. The van der Waals surface area contributed by atoms with Gasteiger partial charge in [0.1, 0.15) is 11.8 Å². The maximum atomic E-state index is 11.7. The number of aryl methyl sites for hydroxylation is 1. The first-order valence-electron chi connectivity index (χ1n) is 6.09. The first-order chi connectivity index (χ1) is 9.49. The quantitative estimate of drug-likeness (QED) is 0.810. The van der Waals surface area contributed by atoms with Crippen LogP contribution in [0.15, 0.2) is 42.5 Å². The number of aromatic hydroxyl groups is 1. The molecular formula is C15H15ClN2O2. The predicted molar refractivity (Wildman–Crippen MR) is 79.9 cm³/mol. The van der Waals surface area contributed by atoms with Crippen molar-refractivity contribution in [2.75, 3.05) is 5.32 Å². The molecule has 1 atom stereocenters. The summed E-state index contributed by atoms with van der Waals surface area (Å²) in [6, 6.07) is 11.5. The first-order valence-corrected chi connectivity index (χ1v) is 6.46. The molecule has 0 bridgehead atoms. The number of anilines is 1. The maximum absolute atomic E-state index is 11.7. The topological polar surface area (TPSA) is 75.3 Å². The van der Waals surface area contributed by atoms with Gasteiger partial charge in [-0.2, -0.15) is 0 Å². The van der Waals surface area contributed by atoms with Gasteiger partial charge in [0.2, 0.25) is 5.91 Å². The first kappa shape index (κ1) is 14.2. The molecule has 0 saturated carbocycles. The molecule has 1 amide bonds. The zero-order valence-corrected chi connectivity index (χ0v) is 11.7. The Kier molecular flexibility index (Phi) is 4.15. The molecule has 0 spiro atoms. The number of hydrogen-bond acceptors (Lipinski definition) is 3. The number of phenolic OH excluding ortho intramolecular Hbond substituents is 1. The highest BCUT2D eigenvalue weighted by Gasteiger charge is 2.19. The van der Waals surface area contributed by atoms with E-state index in [1.54, 1.807) is 6.07 Å². The minimum Gasteiger partial charge on any atom is -0.506 e. The van der Waals surface area contributed by atoms with Crippen LogP contribution in [0, 0.1) is 6.92 Å². The van der Waals surface area contributed by atoms with Gasteiger partial charge in [0.25, 0.3) is 0 Å². The molecule has 0 heterocycles. The number of para-hydroxylation sites is 1. The van der Waals surface area contributed by atoms with Crippen LogP contribution in [0.1, 0.15) is 17.2 Å². The summed E-state index contributed by atoms with van der Waals surface area (Å²) in [5.41, 5.74) is 7.87. The molecule has 0 aliphatic rings. The number of nitrogens with two attached hydrogens (primary N) is 1. The Morgan fingerprint density at radius 1 is 1.30 bits per heavy atom. The lowest BCUT2D eigenvalue weighted by Gasteiger charge is -2.19. The van der Waals surface area contributed by atoms with Gasteiger partial charge in [-0.05, 0) is 36.2 Å². The summed E-state index contributed by atoms with van der Waals surface area (Å²) in [7, 11) is 0. The molecule has 20 heavy (non-hydrogen) atoms. The molecule has 0 aliphatic heterocycles. The minimum atomic E-state index is -0.714. The van der Waals surface area contributed by atoms with Crippen LogP contribution in [-0.4, -0.2) is 11.0 Å². The van der Waals surface area contributed by atoms with Crippen molar-refractivity contribution in [1.82, 2.24) is 0 Å². The van der Waals surface area contributed by atoms with Crippen LogP contribution in [0.2, 0.25) is 5.02 Å². The van der Waals surface area contributed by atoms with E-state index in [1.165, 1.54) is 12.1 Å². The van der Waals surface area contributed by atoms with Crippen LogP contribution < -0.4 is 11.1 Å². The fourth-order valence-electron chi connectivity index (χ4n) is 1.91. The third kappa shape index (κ3) is 3.03. The minimum absolute atomic E-state index is 0.0328. The highest BCUT2D eigenvalue weighted by Crippen LogP contribution is 2.28. The third-order valence-electron chi connectivity index (χ3n) is 3.03. The van der Waals surface area contributed by atoms with Crippen molar-refractivity contribution in [1.29, 1.82) is 0 Å². The van der Waals surface area contributed by atoms with Gasteiger partial charge < -0.3 is 16.2 Å². The third-order valence-corrected chi connectivity index (χ3v) is 3.34. The monoisotopic (exact) mass is 290 g/mol. The van der Waals surface area contributed by atoms with Gasteiger partial charge in [-0.15, -0.1) is 0 Å². The summed E-state index contributed by atoms with van der Waals surface area (Å²) in [4.78, 5) is 11.7. The summed E-state index contributed by atoms with van der Waals surface area (Å²) in [6.45, 7) is 1.93. The normalized spacial score (nSPS) is 11.9. The average molecular weight is 291 g/mol. The largest absolute Gasteiger partial charge is 0.506 e. The lowest BCUT2D eigenvalue weighted by Crippen LogP contribution is -2.28. The molecule has 104 valence electrons. The van der Waals surface area contributed by atoms with Gasteiger partial charge >= 0.3 is 0 Å². The smallest absolute Gasteiger partial charge is 0.244 e. The van der Waals surface area contributed by atoms with E-state index in [9.17, 15) is 9.90 Å². The number of halogens is 1. The number of carbonyl (C=O) groups is 1. The molecule has 2 aromatic rings. The highest BCUT2D eigenvalue weighted by molar-refractivity contribution is 6.32. The number of phenols is 1. The molecule has 0 saturated heterocycles. The van der Waals surface area contributed by atoms with Gasteiger partial charge in [0.15, 0.2) is 0 Å². The fourth-order valence-corrected chi connectivity index (χ4v) is 2.10. The second-order valence-corrected chi connectivity index (χ2v) is 4.91. The van der Waals surface area contributed by atoms with Crippen molar-refractivity contribution in [3.63, 3.8) is 0 Å². The van der Waals surface area contributed by atoms with Crippen molar-refractivity contribution in [2.24, 2.45) is 5.73 Å². The fraction of sp³-hybridized carbons (Fsp3) is 0.133. The number of benzene rings is 2. The van der Waals surface area contributed by atoms with E-state index in [-0.39, 0.29) is 10.8 Å². The molecule has 2 aromatic carbocycles. The van der Waals surface area contributed by atoms with E-state index >= 15 is 0 Å². The summed E-state index contributed by atoms with van der Waals surface area (Å²) in [5, 5.41) is 12.7. The molecular weight excluding hydrogens is 276 g/mol. The molecule has 0 aromatic heterocycles. The van der Waals surface area contributed by atoms with E-state index < -0.39 is 11.9 Å². The van der Waals surface area contributed by atoms with Gasteiger partial charge in [0.05, 0.1) is 5.02 Å². The second-order valence-electron chi connectivity index (χ2n) is 4.51. The second kappa shape index (κ2) is 5.84. The predicted octanol–water partition coefficient (Wildman–Crippen LogP) is 2.99. The van der Waals surface area contributed by atoms with Crippen LogP contribution in [0.3, 0.4) is 0 Å². The van der Waals surface area contributed by atoms with Gasteiger partial charge in [-0.25, -0.2) is 0 Å². The molecule has 0 fully saturated rings. The summed E-state index contributed by atoms with van der Waals surface area (Å²) < 4.78 is 0. The molecule has 0 aliphatic carbocycles. The van der Waals surface area contributed by atoms with Gasteiger partial charge in [-0.3, -0.25) is 4.79 Å². The standard InChI is InChI=1S/C15H15ClN2O2/c1-9-4-2-3-5-12(9)18-14(15(17)20)10-6-7-13(19)11(16)8-10/h2-8,14,18-19H,1H3,(H2,17,20). The van der Waals surface area contributed by atoms with Gasteiger partial charge in [-0.1, -0.05) is 35.9 Å². The lowest BCUT2D eigenvalue weighted by molar-refractivity contribution is -0.118. The number of primary amides is 1. The highest BCUT2D eigenvalue weighted by atomic mass is 35.5. The summed E-state index contributed by atoms with van der Waals surface area (Å²) in [6.07, 6.45) is 0. The molecule has 4 N–H and O–H groups in total. The van der Waals surface area contributed by atoms with E-state index in [1.807, 2.05) is 31.2 Å². The van der Waals surface area contributed by atoms with Crippen LogP contribution >= 0.6 is 11.6 Å². The van der Waals surface area contributed by atoms with Gasteiger partial charge in [0, 0.05) is 5.69 Å². The zero-order valence-electron chi connectivity index (χ0n) is 10.9. The molecule has 4 nitrogen and oxygen atoms in total. The zero-order chi connectivity index (χ0) is 14.7.